The number of rotatable bonds is 3. The number of aryl methyl sites for hydroxylation is 1. The molecule has 3 aromatic rings. The lowest BCUT2D eigenvalue weighted by Gasteiger charge is -2.08. The van der Waals surface area contributed by atoms with Gasteiger partial charge < -0.3 is 4.98 Å². The molecule has 0 spiro atoms. The predicted octanol–water partition coefficient (Wildman–Crippen LogP) is 2.03. The molecule has 0 amide bonds. The molecule has 0 aliphatic carbocycles. The van der Waals surface area contributed by atoms with Crippen molar-refractivity contribution in [1.29, 1.82) is 0 Å². The first-order valence-corrected chi connectivity index (χ1v) is 8.01. The maximum atomic E-state index is 12.3. The molecule has 0 bridgehead atoms. The first kappa shape index (κ1) is 14.3. The summed E-state index contributed by atoms with van der Waals surface area (Å²) < 4.78 is 27.1. The normalized spacial score (nSPS) is 11.5. The van der Waals surface area contributed by atoms with Crippen LogP contribution < -0.4 is 10.3 Å². The Morgan fingerprint density at radius 2 is 1.82 bits per heavy atom. The second-order valence-electron chi connectivity index (χ2n) is 4.88. The summed E-state index contributed by atoms with van der Waals surface area (Å²) in [6.45, 7) is 1.88. The van der Waals surface area contributed by atoms with E-state index in [0.717, 1.165) is 5.56 Å². The zero-order valence-corrected chi connectivity index (χ0v) is 12.5. The Morgan fingerprint density at radius 3 is 2.55 bits per heavy atom. The highest BCUT2D eigenvalue weighted by atomic mass is 32.2. The number of hydrogen-bond donors (Lipinski definition) is 2. The summed E-state index contributed by atoms with van der Waals surface area (Å²) >= 11 is 0. The van der Waals surface area contributed by atoms with E-state index in [4.69, 9.17) is 0 Å². The van der Waals surface area contributed by atoms with E-state index in [1.54, 1.807) is 24.3 Å². The summed E-state index contributed by atoms with van der Waals surface area (Å²) in [7, 11) is -3.69. The summed E-state index contributed by atoms with van der Waals surface area (Å²) in [6, 6.07) is 11.2. The van der Waals surface area contributed by atoms with Crippen LogP contribution in [0.25, 0.3) is 10.9 Å². The number of sulfonamides is 1. The van der Waals surface area contributed by atoms with E-state index in [-0.39, 0.29) is 10.5 Å². The molecule has 7 heteroatoms. The Bertz CT molecular complexity index is 992. The summed E-state index contributed by atoms with van der Waals surface area (Å²) in [4.78, 5) is 18.4. The van der Waals surface area contributed by atoms with Gasteiger partial charge in [-0.2, -0.15) is 0 Å². The Labute approximate surface area is 126 Å². The summed E-state index contributed by atoms with van der Waals surface area (Å²) in [5, 5.41) is 0.326. The Balaban J connectivity index is 2.00. The van der Waals surface area contributed by atoms with E-state index in [0.29, 0.717) is 16.6 Å². The van der Waals surface area contributed by atoms with E-state index < -0.39 is 10.0 Å². The van der Waals surface area contributed by atoms with E-state index in [2.05, 4.69) is 14.7 Å². The van der Waals surface area contributed by atoms with Gasteiger partial charge in [0.25, 0.3) is 15.6 Å². The first-order valence-electron chi connectivity index (χ1n) is 6.53. The lowest BCUT2D eigenvalue weighted by atomic mass is 10.2. The fourth-order valence-electron chi connectivity index (χ4n) is 2.06. The van der Waals surface area contributed by atoms with Crippen LogP contribution in [0.3, 0.4) is 0 Å². The van der Waals surface area contributed by atoms with Crippen LogP contribution in [0.4, 0.5) is 5.69 Å². The van der Waals surface area contributed by atoms with Crippen molar-refractivity contribution in [2.24, 2.45) is 0 Å². The summed E-state index contributed by atoms with van der Waals surface area (Å²) in [5.74, 6) is 0. The monoisotopic (exact) mass is 315 g/mol. The van der Waals surface area contributed by atoms with Crippen LogP contribution in [0.5, 0.6) is 0 Å². The Morgan fingerprint density at radius 1 is 1.09 bits per heavy atom. The molecule has 0 fully saturated rings. The average Bonchev–Trinajstić information content (AvgIpc) is 2.48. The second kappa shape index (κ2) is 5.27. The maximum absolute atomic E-state index is 12.3. The molecule has 1 aromatic heterocycles. The molecule has 0 aliphatic heterocycles. The number of fused-ring (bicyclic) bond motifs is 1. The SMILES string of the molecule is Cc1ccc(S(=O)(=O)Nc2ccc3nc[nH]c(=O)c3c2)cc1. The van der Waals surface area contributed by atoms with E-state index in [9.17, 15) is 13.2 Å². The lowest BCUT2D eigenvalue weighted by Crippen LogP contribution is -2.13. The van der Waals surface area contributed by atoms with Gasteiger partial charge in [0.1, 0.15) is 0 Å². The number of H-pyrrole nitrogens is 1. The standard InChI is InChI=1S/C15H13N3O3S/c1-10-2-5-12(6-3-10)22(20,21)18-11-4-7-14-13(8-11)15(19)17-9-16-14/h2-9,18H,1H3,(H,16,17,19). The highest BCUT2D eigenvalue weighted by Gasteiger charge is 2.14. The van der Waals surface area contributed by atoms with Gasteiger partial charge in [0.15, 0.2) is 0 Å². The third kappa shape index (κ3) is 2.71. The zero-order chi connectivity index (χ0) is 15.7. The van der Waals surface area contributed by atoms with Gasteiger partial charge in [0, 0.05) is 5.69 Å². The summed E-state index contributed by atoms with van der Waals surface area (Å²) in [5.41, 5.74) is 1.47. The first-order chi connectivity index (χ1) is 10.5. The molecule has 6 nitrogen and oxygen atoms in total. The van der Waals surface area contributed by atoms with Gasteiger partial charge in [0.05, 0.1) is 22.1 Å². The van der Waals surface area contributed by atoms with Gasteiger partial charge in [-0.15, -0.1) is 0 Å². The largest absolute Gasteiger partial charge is 0.313 e. The number of benzene rings is 2. The minimum Gasteiger partial charge on any atom is -0.313 e. The number of nitrogens with one attached hydrogen (secondary N) is 2. The van der Waals surface area contributed by atoms with Crippen molar-refractivity contribution in [2.45, 2.75) is 11.8 Å². The minimum atomic E-state index is -3.69. The molecular weight excluding hydrogens is 302 g/mol. The number of aromatic nitrogens is 2. The van der Waals surface area contributed by atoms with Crippen LogP contribution in [0, 0.1) is 6.92 Å². The van der Waals surface area contributed by atoms with Crippen molar-refractivity contribution in [1.82, 2.24) is 9.97 Å². The molecule has 112 valence electrons. The van der Waals surface area contributed by atoms with Crippen LogP contribution in [0.15, 0.2) is 58.5 Å². The molecule has 1 heterocycles. The molecule has 2 aromatic carbocycles. The molecule has 0 atom stereocenters. The smallest absolute Gasteiger partial charge is 0.261 e. The highest BCUT2D eigenvalue weighted by Crippen LogP contribution is 2.19. The van der Waals surface area contributed by atoms with E-state index in [1.165, 1.54) is 24.5 Å². The summed E-state index contributed by atoms with van der Waals surface area (Å²) in [6.07, 6.45) is 1.31. The quantitative estimate of drug-likeness (QED) is 0.773. The highest BCUT2D eigenvalue weighted by molar-refractivity contribution is 7.92. The molecule has 0 aliphatic rings. The molecular formula is C15H13N3O3S. The van der Waals surface area contributed by atoms with Crippen molar-refractivity contribution in [3.05, 3.63) is 64.7 Å². The van der Waals surface area contributed by atoms with Crippen LogP contribution in [0.1, 0.15) is 5.56 Å². The van der Waals surface area contributed by atoms with Crippen molar-refractivity contribution in [3.8, 4) is 0 Å². The predicted molar refractivity (Wildman–Crippen MR) is 84.4 cm³/mol. The van der Waals surface area contributed by atoms with Gasteiger partial charge in [-0.1, -0.05) is 17.7 Å². The maximum Gasteiger partial charge on any atom is 0.261 e. The molecule has 0 saturated carbocycles. The van der Waals surface area contributed by atoms with Gasteiger partial charge in [-0.3, -0.25) is 9.52 Å². The lowest BCUT2D eigenvalue weighted by molar-refractivity contribution is 0.601. The van der Waals surface area contributed by atoms with Crippen LogP contribution in [-0.2, 0) is 10.0 Å². The second-order valence-corrected chi connectivity index (χ2v) is 6.56. The van der Waals surface area contributed by atoms with Gasteiger partial charge in [-0.25, -0.2) is 13.4 Å². The third-order valence-electron chi connectivity index (χ3n) is 3.22. The van der Waals surface area contributed by atoms with Crippen molar-refractivity contribution < 1.29 is 8.42 Å². The number of aromatic amines is 1. The number of hydrogen-bond acceptors (Lipinski definition) is 4. The Hall–Kier alpha value is -2.67. The van der Waals surface area contributed by atoms with Gasteiger partial charge >= 0.3 is 0 Å². The number of anilines is 1. The van der Waals surface area contributed by atoms with Gasteiger partial charge in [0.2, 0.25) is 0 Å². The fraction of sp³-hybridized carbons (Fsp3) is 0.0667. The topological polar surface area (TPSA) is 91.9 Å². The van der Waals surface area contributed by atoms with Crippen molar-refractivity contribution >= 4 is 26.6 Å². The minimum absolute atomic E-state index is 0.165. The van der Waals surface area contributed by atoms with Gasteiger partial charge in [-0.05, 0) is 37.3 Å². The van der Waals surface area contributed by atoms with Crippen LogP contribution in [0.2, 0.25) is 0 Å². The van der Waals surface area contributed by atoms with Crippen LogP contribution in [-0.4, -0.2) is 18.4 Å². The molecule has 3 rings (SSSR count). The zero-order valence-electron chi connectivity index (χ0n) is 11.7. The van der Waals surface area contributed by atoms with E-state index in [1.807, 2.05) is 6.92 Å². The molecule has 0 radical (unpaired) electrons. The number of nitrogens with zero attached hydrogens (tertiary/aromatic N) is 1. The molecule has 2 N–H and O–H groups in total. The Kier molecular flexibility index (Phi) is 3.42. The van der Waals surface area contributed by atoms with E-state index >= 15 is 0 Å². The van der Waals surface area contributed by atoms with Crippen LogP contribution >= 0.6 is 0 Å². The van der Waals surface area contributed by atoms with Crippen molar-refractivity contribution in [2.75, 3.05) is 4.72 Å². The fourth-order valence-corrected chi connectivity index (χ4v) is 3.11. The average molecular weight is 315 g/mol. The molecule has 22 heavy (non-hydrogen) atoms. The van der Waals surface area contributed by atoms with Crippen molar-refractivity contribution in [3.63, 3.8) is 0 Å². The third-order valence-corrected chi connectivity index (χ3v) is 4.62. The molecule has 0 unspecified atom stereocenters. The molecule has 0 saturated heterocycles.